The average Bonchev–Trinajstić information content (AvgIpc) is 2.61. The summed E-state index contributed by atoms with van der Waals surface area (Å²) in [5.74, 6) is 2.70. The first-order chi connectivity index (χ1) is 13.9. The molecule has 0 aromatic rings. The lowest BCUT2D eigenvalue weighted by molar-refractivity contribution is -0.119. The number of nitrogens with two attached hydrogens (primary N) is 2. The first kappa shape index (κ1) is 34.2. The molecule has 0 aliphatic rings. The van der Waals surface area contributed by atoms with Gasteiger partial charge in [-0.25, -0.2) is 0 Å². The Hall–Kier alpha value is -0.400. The van der Waals surface area contributed by atoms with Crippen molar-refractivity contribution in [3.05, 3.63) is 0 Å². The second-order valence-electron chi connectivity index (χ2n) is 6.56. The quantitative estimate of drug-likeness (QED) is 0.117. The van der Waals surface area contributed by atoms with Crippen molar-refractivity contribution in [2.45, 2.75) is 46.2 Å². The zero-order valence-corrected chi connectivity index (χ0v) is 21.9. The zero-order chi connectivity index (χ0) is 24.1. The molecule has 0 heterocycles. The number of hydrogen-bond donors (Lipinski definition) is 6. The number of carbonyl (C=O) groups is 4. The minimum absolute atomic E-state index is 0.0506. The maximum Gasteiger partial charge on any atom is 0.227 e. The molecule has 0 aliphatic heterocycles. The van der Waals surface area contributed by atoms with E-state index in [1.54, 1.807) is 18.7 Å². The summed E-state index contributed by atoms with van der Waals surface area (Å²) in [6.07, 6.45) is 2.49. The highest BCUT2D eigenvalue weighted by atomic mass is 32.2. The largest absolute Gasteiger partial charge is 0.370 e. The van der Waals surface area contributed by atoms with Crippen LogP contribution >= 0.6 is 48.8 Å². The van der Waals surface area contributed by atoms with E-state index in [2.05, 4.69) is 35.9 Å². The van der Waals surface area contributed by atoms with E-state index in [0.29, 0.717) is 29.7 Å². The number of hydrogen-bond acceptors (Lipinski definition) is 10. The third-order valence-electron chi connectivity index (χ3n) is 3.11. The summed E-state index contributed by atoms with van der Waals surface area (Å²) in [4.78, 5) is 42.0. The van der Waals surface area contributed by atoms with Crippen LogP contribution in [0.25, 0.3) is 0 Å². The molecule has 30 heavy (non-hydrogen) atoms. The first-order valence-corrected chi connectivity index (χ1v) is 13.1. The number of thioether (sulfide) groups is 2. The van der Waals surface area contributed by atoms with Gasteiger partial charge in [-0.2, -0.15) is 25.3 Å². The second kappa shape index (κ2) is 23.3. The van der Waals surface area contributed by atoms with Gasteiger partial charge in [0.2, 0.25) is 11.8 Å². The van der Waals surface area contributed by atoms with E-state index in [-0.39, 0.29) is 41.2 Å². The van der Waals surface area contributed by atoms with Gasteiger partial charge in [-0.3, -0.25) is 29.8 Å². The standard InChI is InChI=1S/C7H14N2O2S2.C6H13NOS2.C5H11NO/c1-5(10)6(2-12)9-4-13-3-7(8)11;1-5(8)6(3-9)7-4-10-2;1-4(2)3-5(6)7/h6,9,12H,2-4H2,1H3,(H2,8,11);6-7,9H,3-4H2,1-2H3;4H,3H2,1-2H3,(H2,6,7)/t2*6-;/m00./s1. The Morgan fingerprint density at radius 3 is 1.53 bits per heavy atom. The molecule has 0 bridgehead atoms. The van der Waals surface area contributed by atoms with Crippen molar-refractivity contribution in [2.75, 3.05) is 35.3 Å². The second-order valence-corrected chi connectivity index (χ2v) is 9.14. The van der Waals surface area contributed by atoms with E-state index in [1.807, 2.05) is 20.1 Å². The van der Waals surface area contributed by atoms with Crippen molar-refractivity contribution in [1.29, 1.82) is 0 Å². The molecular weight excluding hydrogens is 464 g/mol. The summed E-state index contributed by atoms with van der Waals surface area (Å²) in [6, 6.07) is -0.306. The molecule has 6 N–H and O–H groups in total. The molecule has 0 aromatic carbocycles. The summed E-state index contributed by atoms with van der Waals surface area (Å²) in [7, 11) is 0. The highest BCUT2D eigenvalue weighted by molar-refractivity contribution is 7.99. The molecule has 0 radical (unpaired) electrons. The van der Waals surface area contributed by atoms with Crippen molar-refractivity contribution < 1.29 is 19.2 Å². The molecule has 0 aliphatic carbocycles. The Balaban J connectivity index is -0.000000383. The number of amides is 2. The maximum atomic E-state index is 10.9. The van der Waals surface area contributed by atoms with Crippen LogP contribution in [0.5, 0.6) is 0 Å². The number of rotatable bonds is 14. The van der Waals surface area contributed by atoms with Gasteiger partial charge in [0, 0.05) is 29.7 Å². The molecule has 0 unspecified atom stereocenters. The molecule has 178 valence electrons. The van der Waals surface area contributed by atoms with Gasteiger partial charge in [-0.15, -0.1) is 23.5 Å². The lowest BCUT2D eigenvalue weighted by atomic mass is 10.1. The fraction of sp³-hybridized carbons (Fsp3) is 0.778. The van der Waals surface area contributed by atoms with Crippen LogP contribution in [0, 0.1) is 5.92 Å². The Morgan fingerprint density at radius 2 is 1.30 bits per heavy atom. The van der Waals surface area contributed by atoms with Gasteiger partial charge >= 0.3 is 0 Å². The highest BCUT2D eigenvalue weighted by Gasteiger charge is 2.10. The van der Waals surface area contributed by atoms with Gasteiger partial charge in [0.25, 0.3) is 0 Å². The van der Waals surface area contributed by atoms with E-state index >= 15 is 0 Å². The Labute approximate surface area is 200 Å². The van der Waals surface area contributed by atoms with Crippen LogP contribution in [0.1, 0.15) is 34.1 Å². The lowest BCUT2D eigenvalue weighted by Crippen LogP contribution is -2.37. The van der Waals surface area contributed by atoms with E-state index in [9.17, 15) is 19.2 Å². The topological polar surface area (TPSA) is 144 Å². The zero-order valence-electron chi connectivity index (χ0n) is 18.5. The third kappa shape index (κ3) is 27.6. The van der Waals surface area contributed by atoms with E-state index in [0.717, 1.165) is 5.88 Å². The summed E-state index contributed by atoms with van der Waals surface area (Å²) < 4.78 is 0. The molecule has 0 rings (SSSR count). The lowest BCUT2D eigenvalue weighted by Gasteiger charge is -2.11. The monoisotopic (exact) mass is 502 g/mol. The fourth-order valence-electron chi connectivity index (χ4n) is 1.57. The van der Waals surface area contributed by atoms with Crippen LogP contribution in [0.3, 0.4) is 0 Å². The van der Waals surface area contributed by atoms with Crippen LogP contribution in [0.4, 0.5) is 0 Å². The highest BCUT2D eigenvalue weighted by Crippen LogP contribution is 1.98. The Bertz CT molecular complexity index is 497. The Morgan fingerprint density at radius 1 is 0.867 bits per heavy atom. The molecule has 0 saturated carbocycles. The molecular formula is C18H38N4O4S4. The number of Topliss-reactive ketones (excluding diaryl/α,β-unsaturated/α-hetero) is 2. The van der Waals surface area contributed by atoms with Gasteiger partial charge in [0.1, 0.15) is 11.6 Å². The van der Waals surface area contributed by atoms with E-state index in [4.69, 9.17) is 11.5 Å². The van der Waals surface area contributed by atoms with Crippen molar-refractivity contribution >= 4 is 72.2 Å². The molecule has 2 atom stereocenters. The van der Waals surface area contributed by atoms with Crippen LogP contribution in [-0.2, 0) is 19.2 Å². The molecule has 0 aromatic heterocycles. The molecule has 12 heteroatoms. The predicted molar refractivity (Wildman–Crippen MR) is 136 cm³/mol. The van der Waals surface area contributed by atoms with Crippen molar-refractivity contribution in [3.8, 4) is 0 Å². The predicted octanol–water partition coefficient (Wildman–Crippen LogP) is 0.941. The molecule has 0 saturated heterocycles. The summed E-state index contributed by atoms with van der Waals surface area (Å²) in [5.41, 5.74) is 9.79. The smallest absolute Gasteiger partial charge is 0.227 e. The van der Waals surface area contributed by atoms with Gasteiger partial charge in [0.15, 0.2) is 0 Å². The van der Waals surface area contributed by atoms with Gasteiger partial charge < -0.3 is 11.5 Å². The van der Waals surface area contributed by atoms with Crippen LogP contribution < -0.4 is 22.1 Å². The first-order valence-electron chi connectivity index (χ1n) is 9.25. The van der Waals surface area contributed by atoms with E-state index < -0.39 is 0 Å². The fourth-order valence-corrected chi connectivity index (χ4v) is 3.33. The minimum Gasteiger partial charge on any atom is -0.370 e. The van der Waals surface area contributed by atoms with Crippen LogP contribution in [0.15, 0.2) is 0 Å². The number of thiol groups is 2. The van der Waals surface area contributed by atoms with Gasteiger partial charge in [-0.05, 0) is 26.0 Å². The SMILES string of the molecule is CC(=O)[C@H](CS)NCSCC(N)=O.CC(C)CC(N)=O.CSCN[C@@H](CS)C(C)=O. The number of carbonyl (C=O) groups excluding carboxylic acids is 4. The number of nitrogens with one attached hydrogen (secondary N) is 2. The molecule has 0 spiro atoms. The van der Waals surface area contributed by atoms with Crippen molar-refractivity contribution in [2.24, 2.45) is 17.4 Å². The number of ketones is 2. The van der Waals surface area contributed by atoms with Crippen molar-refractivity contribution in [1.82, 2.24) is 10.6 Å². The molecule has 2 amide bonds. The van der Waals surface area contributed by atoms with Crippen LogP contribution in [0.2, 0.25) is 0 Å². The van der Waals surface area contributed by atoms with Gasteiger partial charge in [0.05, 0.1) is 17.8 Å². The Kier molecular flexibility index (Phi) is 26.5. The number of primary amides is 2. The summed E-state index contributed by atoms with van der Waals surface area (Å²) in [6.45, 7) is 7.01. The molecule has 0 fully saturated rings. The van der Waals surface area contributed by atoms with E-state index in [1.165, 1.54) is 18.7 Å². The average molecular weight is 503 g/mol. The summed E-state index contributed by atoms with van der Waals surface area (Å²) >= 11 is 11.1. The minimum atomic E-state index is -0.350. The maximum absolute atomic E-state index is 10.9. The summed E-state index contributed by atoms with van der Waals surface area (Å²) in [5, 5.41) is 6.01. The molecule has 8 nitrogen and oxygen atoms in total. The van der Waals surface area contributed by atoms with Crippen LogP contribution in [-0.4, -0.2) is 70.7 Å². The normalized spacial score (nSPS) is 12.0. The van der Waals surface area contributed by atoms with Crippen molar-refractivity contribution in [3.63, 3.8) is 0 Å². The van der Waals surface area contributed by atoms with Gasteiger partial charge in [-0.1, -0.05) is 13.8 Å². The third-order valence-corrected chi connectivity index (χ3v) is 5.15.